The zero-order chi connectivity index (χ0) is 16.8. The first kappa shape index (κ1) is 15.8. The van der Waals surface area contributed by atoms with E-state index in [1.54, 1.807) is 12.1 Å². The van der Waals surface area contributed by atoms with Crippen molar-refractivity contribution in [2.75, 3.05) is 10.6 Å². The summed E-state index contributed by atoms with van der Waals surface area (Å²) in [6.07, 6.45) is 1.47. The van der Waals surface area contributed by atoms with Gasteiger partial charge in [-0.2, -0.15) is 5.26 Å². The Balaban J connectivity index is 1.70. The van der Waals surface area contributed by atoms with E-state index >= 15 is 0 Å². The van der Waals surface area contributed by atoms with Crippen molar-refractivity contribution in [1.29, 1.82) is 5.26 Å². The molecular formula is C18H14ClN5. The van der Waals surface area contributed by atoms with Crippen LogP contribution in [-0.4, -0.2) is 9.97 Å². The van der Waals surface area contributed by atoms with Gasteiger partial charge in [0.25, 0.3) is 0 Å². The summed E-state index contributed by atoms with van der Waals surface area (Å²) >= 11 is 5.88. The van der Waals surface area contributed by atoms with E-state index in [0.717, 1.165) is 5.56 Å². The third-order valence-corrected chi connectivity index (χ3v) is 3.62. The van der Waals surface area contributed by atoms with Crippen molar-refractivity contribution in [2.45, 2.75) is 6.54 Å². The topological polar surface area (TPSA) is 73.6 Å². The molecule has 0 aliphatic rings. The van der Waals surface area contributed by atoms with Gasteiger partial charge in [0.2, 0.25) is 0 Å². The number of nitriles is 1. The number of anilines is 3. The quantitative estimate of drug-likeness (QED) is 0.724. The van der Waals surface area contributed by atoms with Crippen LogP contribution in [0, 0.1) is 11.3 Å². The van der Waals surface area contributed by atoms with Crippen molar-refractivity contribution in [3.8, 4) is 6.07 Å². The molecule has 6 heteroatoms. The Kier molecular flexibility index (Phi) is 4.90. The van der Waals surface area contributed by atoms with Crippen LogP contribution in [-0.2, 0) is 6.54 Å². The lowest BCUT2D eigenvalue weighted by Gasteiger charge is -2.09. The zero-order valence-corrected chi connectivity index (χ0v) is 13.5. The van der Waals surface area contributed by atoms with E-state index in [1.807, 2.05) is 42.5 Å². The SMILES string of the molecule is N#Cc1ccccc1Nc1cc(NCc2ccc(Cl)cc2)ncn1. The van der Waals surface area contributed by atoms with Gasteiger partial charge in [-0.3, -0.25) is 0 Å². The zero-order valence-electron chi connectivity index (χ0n) is 12.7. The van der Waals surface area contributed by atoms with Gasteiger partial charge in [-0.1, -0.05) is 35.9 Å². The number of aromatic nitrogens is 2. The molecule has 0 saturated carbocycles. The lowest BCUT2D eigenvalue weighted by molar-refractivity contribution is 1.08. The molecule has 24 heavy (non-hydrogen) atoms. The number of benzene rings is 2. The summed E-state index contributed by atoms with van der Waals surface area (Å²) in [6, 6.07) is 18.8. The van der Waals surface area contributed by atoms with Crippen LogP contribution in [0.25, 0.3) is 0 Å². The molecule has 0 saturated heterocycles. The maximum atomic E-state index is 9.14. The highest BCUT2D eigenvalue weighted by molar-refractivity contribution is 6.30. The molecule has 3 aromatic rings. The van der Waals surface area contributed by atoms with E-state index in [-0.39, 0.29) is 0 Å². The summed E-state index contributed by atoms with van der Waals surface area (Å²) in [5, 5.41) is 16.2. The molecule has 2 aromatic carbocycles. The molecule has 0 bridgehead atoms. The van der Waals surface area contributed by atoms with Crippen molar-refractivity contribution >= 4 is 28.9 Å². The first-order valence-electron chi connectivity index (χ1n) is 7.31. The molecule has 118 valence electrons. The van der Waals surface area contributed by atoms with E-state index in [4.69, 9.17) is 16.9 Å². The molecule has 0 unspecified atom stereocenters. The highest BCUT2D eigenvalue weighted by atomic mass is 35.5. The molecule has 2 N–H and O–H groups in total. The van der Waals surface area contributed by atoms with E-state index in [1.165, 1.54) is 6.33 Å². The predicted octanol–water partition coefficient (Wildman–Crippen LogP) is 4.36. The van der Waals surface area contributed by atoms with Crippen molar-refractivity contribution < 1.29 is 0 Å². The molecule has 0 radical (unpaired) electrons. The summed E-state index contributed by atoms with van der Waals surface area (Å²) in [5.41, 5.74) is 2.37. The largest absolute Gasteiger partial charge is 0.366 e. The summed E-state index contributed by atoms with van der Waals surface area (Å²) in [4.78, 5) is 8.39. The van der Waals surface area contributed by atoms with Gasteiger partial charge in [0, 0.05) is 17.6 Å². The van der Waals surface area contributed by atoms with Crippen molar-refractivity contribution in [1.82, 2.24) is 9.97 Å². The number of rotatable bonds is 5. The molecule has 5 nitrogen and oxygen atoms in total. The average molecular weight is 336 g/mol. The first-order valence-corrected chi connectivity index (χ1v) is 7.69. The van der Waals surface area contributed by atoms with Crippen LogP contribution >= 0.6 is 11.6 Å². The predicted molar refractivity (Wildman–Crippen MR) is 95.3 cm³/mol. The fraction of sp³-hybridized carbons (Fsp3) is 0.0556. The second-order valence-electron chi connectivity index (χ2n) is 5.05. The normalized spacial score (nSPS) is 10.0. The van der Waals surface area contributed by atoms with Crippen LogP contribution in [0.4, 0.5) is 17.3 Å². The first-order chi connectivity index (χ1) is 11.7. The van der Waals surface area contributed by atoms with Crippen LogP contribution in [0.3, 0.4) is 0 Å². The number of para-hydroxylation sites is 1. The smallest absolute Gasteiger partial charge is 0.135 e. The van der Waals surface area contributed by atoms with Crippen molar-refractivity contribution in [3.05, 3.63) is 77.1 Å². The third-order valence-electron chi connectivity index (χ3n) is 3.36. The molecule has 0 spiro atoms. The lowest BCUT2D eigenvalue weighted by atomic mass is 10.2. The minimum atomic E-state index is 0.562. The number of nitrogens with zero attached hydrogens (tertiary/aromatic N) is 3. The van der Waals surface area contributed by atoms with Gasteiger partial charge >= 0.3 is 0 Å². The molecule has 0 atom stereocenters. The van der Waals surface area contributed by atoms with Gasteiger partial charge < -0.3 is 10.6 Å². The minimum absolute atomic E-state index is 0.562. The Labute approximate surface area is 145 Å². The molecule has 3 rings (SSSR count). The maximum absolute atomic E-state index is 9.14. The molecule has 1 heterocycles. The van der Waals surface area contributed by atoms with Crippen LogP contribution in [0.15, 0.2) is 60.9 Å². The number of halogens is 1. The van der Waals surface area contributed by atoms with E-state index in [0.29, 0.717) is 34.5 Å². The van der Waals surface area contributed by atoms with Crippen LogP contribution < -0.4 is 10.6 Å². The Morgan fingerprint density at radius 1 is 1.00 bits per heavy atom. The Bertz CT molecular complexity index is 871. The fourth-order valence-corrected chi connectivity index (χ4v) is 2.27. The summed E-state index contributed by atoms with van der Waals surface area (Å²) in [5.74, 6) is 1.31. The van der Waals surface area contributed by atoms with Crippen molar-refractivity contribution in [2.24, 2.45) is 0 Å². The molecule has 0 aliphatic carbocycles. The standard InChI is InChI=1S/C18H14ClN5/c19-15-7-5-13(6-8-15)11-21-17-9-18(23-12-22-17)24-16-4-2-1-3-14(16)10-20/h1-9,12H,11H2,(H2,21,22,23,24). The van der Waals surface area contributed by atoms with E-state index in [2.05, 4.69) is 26.7 Å². The Hall–Kier alpha value is -3.10. The maximum Gasteiger partial charge on any atom is 0.135 e. The fourth-order valence-electron chi connectivity index (χ4n) is 2.14. The van der Waals surface area contributed by atoms with Crippen LogP contribution in [0.5, 0.6) is 0 Å². The number of hydrogen-bond donors (Lipinski definition) is 2. The summed E-state index contributed by atoms with van der Waals surface area (Å²) in [7, 11) is 0. The average Bonchev–Trinajstić information content (AvgIpc) is 2.62. The Morgan fingerprint density at radius 2 is 1.75 bits per heavy atom. The molecule has 0 aliphatic heterocycles. The van der Waals surface area contributed by atoms with Gasteiger partial charge in [-0.15, -0.1) is 0 Å². The summed E-state index contributed by atoms with van der Waals surface area (Å²) < 4.78 is 0. The summed E-state index contributed by atoms with van der Waals surface area (Å²) in [6.45, 7) is 0.627. The Morgan fingerprint density at radius 3 is 2.54 bits per heavy atom. The highest BCUT2D eigenvalue weighted by Gasteiger charge is 2.04. The monoisotopic (exact) mass is 335 g/mol. The van der Waals surface area contributed by atoms with Crippen LogP contribution in [0.1, 0.15) is 11.1 Å². The second-order valence-corrected chi connectivity index (χ2v) is 5.49. The molecule has 1 aromatic heterocycles. The number of hydrogen-bond acceptors (Lipinski definition) is 5. The third kappa shape index (κ3) is 4.00. The van der Waals surface area contributed by atoms with Crippen LogP contribution in [0.2, 0.25) is 5.02 Å². The van der Waals surface area contributed by atoms with Gasteiger partial charge in [-0.25, -0.2) is 9.97 Å². The molecule has 0 fully saturated rings. The molecular weight excluding hydrogens is 322 g/mol. The minimum Gasteiger partial charge on any atom is -0.366 e. The highest BCUT2D eigenvalue weighted by Crippen LogP contribution is 2.20. The van der Waals surface area contributed by atoms with E-state index < -0.39 is 0 Å². The lowest BCUT2D eigenvalue weighted by Crippen LogP contribution is -2.03. The van der Waals surface area contributed by atoms with Crippen molar-refractivity contribution in [3.63, 3.8) is 0 Å². The van der Waals surface area contributed by atoms with Gasteiger partial charge in [0.05, 0.1) is 11.3 Å². The van der Waals surface area contributed by atoms with Gasteiger partial charge in [0.15, 0.2) is 0 Å². The second kappa shape index (κ2) is 7.44. The number of nitrogens with one attached hydrogen (secondary N) is 2. The van der Waals surface area contributed by atoms with E-state index in [9.17, 15) is 0 Å². The van der Waals surface area contributed by atoms with Gasteiger partial charge in [0.1, 0.15) is 24.0 Å². The molecule has 0 amide bonds. The van der Waals surface area contributed by atoms with Gasteiger partial charge in [-0.05, 0) is 29.8 Å².